The lowest BCUT2D eigenvalue weighted by Gasteiger charge is -2.14. The Morgan fingerprint density at radius 1 is 0.867 bits per heavy atom. The highest BCUT2D eigenvalue weighted by Gasteiger charge is 2.29. The van der Waals surface area contributed by atoms with Crippen molar-refractivity contribution >= 4 is 12.2 Å². The Bertz CT molecular complexity index is 1150. The van der Waals surface area contributed by atoms with Crippen LogP contribution in [0.5, 0.6) is 5.75 Å². The zero-order valence-electron chi connectivity index (χ0n) is 15.9. The number of ether oxygens (including phenoxy) is 2. The summed E-state index contributed by atoms with van der Waals surface area (Å²) in [4.78, 5) is 12.2. The van der Waals surface area contributed by atoms with Gasteiger partial charge in [0.25, 0.3) is 0 Å². The number of allylic oxidation sites excluding steroid dienone is 1. The number of fused-ring (bicyclic) bond motifs is 3. The average molecular weight is 392 g/mol. The molecule has 0 radical (unpaired) electrons. The number of hydrogen-bond acceptors (Lipinski definition) is 5. The van der Waals surface area contributed by atoms with Crippen LogP contribution in [0.1, 0.15) is 22.6 Å². The summed E-state index contributed by atoms with van der Waals surface area (Å²) in [5.74, 6) is 0.285. The van der Waals surface area contributed by atoms with E-state index in [1.54, 1.807) is 36.4 Å². The molecule has 3 aromatic carbocycles. The second-order valence-electron chi connectivity index (χ2n) is 6.74. The Morgan fingerprint density at radius 2 is 1.43 bits per heavy atom. The van der Waals surface area contributed by atoms with Gasteiger partial charge in [0.2, 0.25) is 0 Å². The van der Waals surface area contributed by atoms with Gasteiger partial charge in [-0.1, -0.05) is 60.7 Å². The average Bonchev–Trinajstić information content (AvgIpc) is 3.11. The van der Waals surface area contributed by atoms with Gasteiger partial charge in [0.1, 0.15) is 30.1 Å². The summed E-state index contributed by atoms with van der Waals surface area (Å²) in [6.07, 6.45) is 0.673. The van der Waals surface area contributed by atoms with E-state index in [2.05, 4.69) is 24.3 Å². The van der Waals surface area contributed by atoms with Crippen LogP contribution < -0.4 is 4.74 Å². The fourth-order valence-electron chi connectivity index (χ4n) is 3.60. The molecule has 0 N–H and O–H groups in total. The molecule has 5 heteroatoms. The molecule has 0 unspecified atom stereocenters. The van der Waals surface area contributed by atoms with Crippen LogP contribution in [0.25, 0.3) is 17.2 Å². The molecule has 1 aliphatic carbocycles. The maximum absolute atomic E-state index is 12.2. The molecule has 144 valence electrons. The topological polar surface area (TPSA) is 83.1 Å². The summed E-state index contributed by atoms with van der Waals surface area (Å²) >= 11 is 0. The SMILES string of the molecule is N#CC(C#N)=Cc1ccc(OC(=O)OCC2c3ccccc3-c3ccccc32)cc1. The van der Waals surface area contributed by atoms with Gasteiger partial charge < -0.3 is 9.47 Å². The normalized spacial score (nSPS) is 11.4. The number of nitriles is 2. The van der Waals surface area contributed by atoms with Crippen LogP contribution >= 0.6 is 0 Å². The molecule has 0 bridgehead atoms. The highest BCUT2D eigenvalue weighted by molar-refractivity contribution is 5.79. The van der Waals surface area contributed by atoms with Gasteiger partial charge in [-0.25, -0.2) is 4.79 Å². The third kappa shape index (κ3) is 3.78. The van der Waals surface area contributed by atoms with Gasteiger partial charge in [-0.2, -0.15) is 10.5 Å². The fraction of sp³-hybridized carbons (Fsp3) is 0.0800. The van der Waals surface area contributed by atoms with Crippen molar-refractivity contribution in [3.05, 3.63) is 95.1 Å². The number of hydrogen-bond donors (Lipinski definition) is 0. The highest BCUT2D eigenvalue weighted by atomic mass is 16.7. The van der Waals surface area contributed by atoms with Crippen LogP contribution in [0, 0.1) is 22.7 Å². The molecule has 0 amide bonds. The lowest BCUT2D eigenvalue weighted by molar-refractivity contribution is 0.0965. The highest BCUT2D eigenvalue weighted by Crippen LogP contribution is 2.44. The first-order valence-corrected chi connectivity index (χ1v) is 9.34. The molecule has 0 aromatic heterocycles. The van der Waals surface area contributed by atoms with Crippen molar-refractivity contribution in [2.45, 2.75) is 5.92 Å². The maximum Gasteiger partial charge on any atom is 0.513 e. The Hall–Kier alpha value is -4.35. The maximum atomic E-state index is 12.2. The van der Waals surface area contributed by atoms with Crippen LogP contribution in [-0.4, -0.2) is 12.8 Å². The van der Waals surface area contributed by atoms with Crippen LogP contribution in [0.2, 0.25) is 0 Å². The van der Waals surface area contributed by atoms with Crippen molar-refractivity contribution in [2.24, 2.45) is 0 Å². The largest absolute Gasteiger partial charge is 0.513 e. The second kappa shape index (κ2) is 8.34. The van der Waals surface area contributed by atoms with E-state index in [0.29, 0.717) is 11.3 Å². The molecular formula is C25H16N2O3. The first-order chi connectivity index (χ1) is 14.7. The van der Waals surface area contributed by atoms with Crippen molar-refractivity contribution in [3.8, 4) is 29.0 Å². The van der Waals surface area contributed by atoms with E-state index < -0.39 is 6.16 Å². The van der Waals surface area contributed by atoms with Crippen molar-refractivity contribution in [1.29, 1.82) is 10.5 Å². The van der Waals surface area contributed by atoms with Gasteiger partial charge in [0.05, 0.1) is 0 Å². The molecule has 4 rings (SSSR count). The van der Waals surface area contributed by atoms with E-state index in [4.69, 9.17) is 20.0 Å². The number of nitrogens with zero attached hydrogens (tertiary/aromatic N) is 2. The summed E-state index contributed by atoms with van der Waals surface area (Å²) < 4.78 is 10.7. The van der Waals surface area contributed by atoms with Crippen molar-refractivity contribution in [3.63, 3.8) is 0 Å². The summed E-state index contributed by atoms with van der Waals surface area (Å²) in [5, 5.41) is 17.6. The molecule has 30 heavy (non-hydrogen) atoms. The molecule has 0 spiro atoms. The predicted octanol–water partition coefficient (Wildman–Crippen LogP) is 5.45. The molecular weight excluding hydrogens is 376 g/mol. The van der Waals surface area contributed by atoms with E-state index in [1.807, 2.05) is 24.3 Å². The molecule has 0 aliphatic heterocycles. The third-order valence-corrected chi connectivity index (χ3v) is 4.96. The van der Waals surface area contributed by atoms with Gasteiger partial charge in [-0.15, -0.1) is 0 Å². The minimum Gasteiger partial charge on any atom is -0.433 e. The summed E-state index contributed by atoms with van der Waals surface area (Å²) in [5.41, 5.74) is 5.25. The molecule has 0 saturated carbocycles. The Kier molecular flexibility index (Phi) is 5.28. The molecule has 0 heterocycles. The van der Waals surface area contributed by atoms with Crippen molar-refractivity contribution < 1.29 is 14.3 Å². The molecule has 0 atom stereocenters. The van der Waals surface area contributed by atoms with E-state index >= 15 is 0 Å². The molecule has 3 aromatic rings. The van der Waals surface area contributed by atoms with Crippen molar-refractivity contribution in [2.75, 3.05) is 6.61 Å². The van der Waals surface area contributed by atoms with Gasteiger partial charge in [-0.3, -0.25) is 0 Å². The molecule has 5 nitrogen and oxygen atoms in total. The quantitative estimate of drug-likeness (QED) is 0.335. The zero-order chi connectivity index (χ0) is 20.9. The van der Waals surface area contributed by atoms with E-state index in [1.165, 1.54) is 6.08 Å². The first kappa shape index (κ1) is 19.0. The Balaban J connectivity index is 1.42. The molecule has 0 fully saturated rings. The minimum absolute atomic E-state index is 0.000189. The van der Waals surface area contributed by atoms with Crippen LogP contribution in [0.4, 0.5) is 4.79 Å². The molecule has 1 aliphatic rings. The van der Waals surface area contributed by atoms with Crippen LogP contribution in [0.15, 0.2) is 78.4 Å². The van der Waals surface area contributed by atoms with Gasteiger partial charge in [-0.05, 0) is 46.0 Å². The zero-order valence-corrected chi connectivity index (χ0v) is 15.9. The lowest BCUT2D eigenvalue weighted by atomic mass is 9.98. The van der Waals surface area contributed by atoms with Crippen LogP contribution in [0.3, 0.4) is 0 Å². The summed E-state index contributed by atoms with van der Waals surface area (Å²) in [6, 6.07) is 26.3. The number of carbonyl (C=O) groups is 1. The first-order valence-electron chi connectivity index (χ1n) is 9.34. The third-order valence-electron chi connectivity index (χ3n) is 4.96. The van der Waals surface area contributed by atoms with E-state index in [-0.39, 0.29) is 18.1 Å². The van der Waals surface area contributed by atoms with Gasteiger partial charge >= 0.3 is 6.16 Å². The second-order valence-corrected chi connectivity index (χ2v) is 6.74. The van der Waals surface area contributed by atoms with Crippen molar-refractivity contribution in [1.82, 2.24) is 0 Å². The fourth-order valence-corrected chi connectivity index (χ4v) is 3.60. The van der Waals surface area contributed by atoms with Gasteiger partial charge in [0.15, 0.2) is 0 Å². The molecule has 0 saturated heterocycles. The Morgan fingerprint density at radius 3 is 2.00 bits per heavy atom. The number of carbonyl (C=O) groups excluding carboxylic acids is 1. The van der Waals surface area contributed by atoms with Crippen LogP contribution in [-0.2, 0) is 4.74 Å². The summed E-state index contributed by atoms with van der Waals surface area (Å²) in [6.45, 7) is 0.182. The van der Waals surface area contributed by atoms with E-state index in [9.17, 15) is 4.79 Å². The number of rotatable bonds is 4. The Labute approximate surface area is 174 Å². The monoisotopic (exact) mass is 392 g/mol. The minimum atomic E-state index is -0.783. The van der Waals surface area contributed by atoms with Gasteiger partial charge in [0, 0.05) is 5.92 Å². The standard InChI is InChI=1S/C25H16N2O3/c26-14-18(15-27)13-17-9-11-19(12-10-17)30-25(28)29-16-24-22-7-3-1-5-20(22)21-6-2-4-8-23(21)24/h1-13,24H,16H2. The predicted molar refractivity (Wildman–Crippen MR) is 111 cm³/mol. The van der Waals surface area contributed by atoms with E-state index in [0.717, 1.165) is 22.3 Å². The summed E-state index contributed by atoms with van der Waals surface area (Å²) in [7, 11) is 0. The lowest BCUT2D eigenvalue weighted by Crippen LogP contribution is -2.15. The smallest absolute Gasteiger partial charge is 0.433 e. The number of benzene rings is 3.